The maximum Gasteiger partial charge on any atom is 0.343 e. The molecule has 2 heterocycles. The molecule has 0 bridgehead atoms. The molecule has 2 aromatic carbocycles. The molecule has 2 aromatic heterocycles. The Morgan fingerprint density at radius 2 is 1.53 bits per heavy atom. The van der Waals surface area contributed by atoms with Crippen molar-refractivity contribution in [3.63, 3.8) is 0 Å². The van der Waals surface area contributed by atoms with Crippen LogP contribution in [0.4, 0.5) is 0 Å². The lowest BCUT2D eigenvalue weighted by molar-refractivity contribution is 0.591. The van der Waals surface area contributed by atoms with Gasteiger partial charge < -0.3 is 0 Å². The number of hydrogen-bond donors (Lipinski definition) is 0. The number of sulfone groups is 1. The van der Waals surface area contributed by atoms with Crippen LogP contribution in [0.2, 0.25) is 0 Å². The molecule has 0 fully saturated rings. The van der Waals surface area contributed by atoms with Gasteiger partial charge in [0.25, 0.3) is 0 Å². The van der Waals surface area contributed by atoms with Gasteiger partial charge in [0, 0.05) is 17.8 Å². The highest BCUT2D eigenvalue weighted by atomic mass is 32.2. The first-order valence-corrected chi connectivity index (χ1v) is 12.9. The lowest BCUT2D eigenvalue weighted by Gasteiger charge is -2.12. The molecular weight excluding hydrogens is 426 g/mol. The van der Waals surface area contributed by atoms with Crippen LogP contribution >= 0.6 is 0 Å². The average Bonchev–Trinajstić information content (AvgIpc) is 2.94. The predicted octanol–water partition coefficient (Wildman–Crippen LogP) is 1.75. The van der Waals surface area contributed by atoms with Gasteiger partial charge in [-0.3, -0.25) is 9.55 Å². The number of fused-ring (bicyclic) bond motifs is 2. The molecule has 8 nitrogen and oxygen atoms in total. The Kier molecular flexibility index (Phi) is 4.78. The molecule has 0 aliphatic rings. The minimum atomic E-state index is -3.84. The Morgan fingerprint density at radius 3 is 2.20 bits per heavy atom. The fourth-order valence-electron chi connectivity index (χ4n) is 3.63. The second-order valence-electron chi connectivity index (χ2n) is 7.23. The van der Waals surface area contributed by atoms with Crippen LogP contribution in [-0.4, -0.2) is 42.9 Å². The van der Waals surface area contributed by atoms with E-state index in [1.165, 1.54) is 4.57 Å². The summed E-state index contributed by atoms with van der Waals surface area (Å²) in [5.41, 5.74) is 0.860. The summed E-state index contributed by atoms with van der Waals surface area (Å²) in [4.78, 5) is 17.4. The number of aromatic nitrogens is 3. The van der Waals surface area contributed by atoms with Crippen LogP contribution in [0.3, 0.4) is 0 Å². The summed E-state index contributed by atoms with van der Waals surface area (Å²) in [6, 6.07) is 13.8. The molecule has 30 heavy (non-hydrogen) atoms. The third-order valence-electron chi connectivity index (χ3n) is 4.84. The molecule has 0 saturated carbocycles. The molecule has 4 rings (SSSR count). The van der Waals surface area contributed by atoms with Crippen molar-refractivity contribution in [2.24, 2.45) is 0 Å². The highest BCUT2D eigenvalue weighted by molar-refractivity contribution is 7.90. The monoisotopic (exact) mass is 445 g/mol. The van der Waals surface area contributed by atoms with Gasteiger partial charge >= 0.3 is 5.69 Å². The lowest BCUT2D eigenvalue weighted by Crippen LogP contribution is -2.29. The van der Waals surface area contributed by atoms with E-state index < -0.39 is 25.6 Å². The molecule has 0 saturated heterocycles. The van der Waals surface area contributed by atoms with Gasteiger partial charge in [0.1, 0.15) is 0 Å². The lowest BCUT2D eigenvalue weighted by atomic mass is 10.1. The zero-order chi connectivity index (χ0) is 21.7. The van der Waals surface area contributed by atoms with E-state index in [2.05, 4.69) is 4.98 Å². The normalized spacial score (nSPS) is 12.6. The summed E-state index contributed by atoms with van der Waals surface area (Å²) >= 11 is 0. The molecule has 0 amide bonds. The molecule has 0 N–H and O–H groups in total. The van der Waals surface area contributed by atoms with E-state index in [1.807, 2.05) is 18.2 Å². The van der Waals surface area contributed by atoms with Crippen LogP contribution < -0.4 is 5.69 Å². The van der Waals surface area contributed by atoms with E-state index in [9.17, 15) is 21.6 Å². The maximum atomic E-state index is 13.0. The molecular formula is C20H19N3O5S2. The van der Waals surface area contributed by atoms with E-state index in [-0.39, 0.29) is 17.8 Å². The van der Waals surface area contributed by atoms with Crippen molar-refractivity contribution >= 4 is 41.7 Å². The molecule has 0 atom stereocenters. The third-order valence-corrected chi connectivity index (χ3v) is 6.66. The number of benzene rings is 2. The molecule has 0 radical (unpaired) electrons. The Hall–Kier alpha value is -2.98. The Labute approximate surface area is 173 Å². The van der Waals surface area contributed by atoms with Gasteiger partial charge in [0.15, 0.2) is 9.84 Å². The number of imidazole rings is 1. The number of rotatable bonds is 5. The summed E-state index contributed by atoms with van der Waals surface area (Å²) in [5, 5.41) is 1.51. The first-order chi connectivity index (χ1) is 14.1. The summed E-state index contributed by atoms with van der Waals surface area (Å²) in [6.07, 6.45) is 3.73. The SMILES string of the molecule is CS(=O)(=O)Cc1c(Cn2c(=O)n(S(C)(=O)=O)c3ccccc32)ncc2ccccc12. The maximum absolute atomic E-state index is 13.0. The molecule has 4 aromatic rings. The first-order valence-electron chi connectivity index (χ1n) is 9.00. The zero-order valence-electron chi connectivity index (χ0n) is 16.3. The number of hydrogen-bond acceptors (Lipinski definition) is 6. The van der Waals surface area contributed by atoms with Crippen LogP contribution in [0.15, 0.2) is 59.5 Å². The van der Waals surface area contributed by atoms with Crippen LogP contribution in [0.25, 0.3) is 21.8 Å². The van der Waals surface area contributed by atoms with Crippen molar-refractivity contribution in [1.29, 1.82) is 0 Å². The second kappa shape index (κ2) is 7.06. The summed E-state index contributed by atoms with van der Waals surface area (Å²) < 4.78 is 50.7. The minimum Gasteiger partial charge on any atom is -0.285 e. The van der Waals surface area contributed by atoms with Crippen molar-refractivity contribution in [3.05, 3.63) is 76.5 Å². The van der Waals surface area contributed by atoms with E-state index in [0.29, 0.717) is 16.8 Å². The Balaban J connectivity index is 1.99. The van der Waals surface area contributed by atoms with E-state index in [4.69, 9.17) is 0 Å². The average molecular weight is 446 g/mol. The smallest absolute Gasteiger partial charge is 0.285 e. The quantitative estimate of drug-likeness (QED) is 0.463. The third kappa shape index (κ3) is 3.63. The van der Waals surface area contributed by atoms with Crippen LogP contribution in [0.5, 0.6) is 0 Å². The molecule has 0 unspecified atom stereocenters. The van der Waals surface area contributed by atoms with E-state index >= 15 is 0 Å². The first kappa shape index (κ1) is 20.3. The van der Waals surface area contributed by atoms with Crippen molar-refractivity contribution in [1.82, 2.24) is 13.5 Å². The van der Waals surface area contributed by atoms with Gasteiger partial charge in [0.05, 0.1) is 35.3 Å². The van der Waals surface area contributed by atoms with Crippen LogP contribution in [0, 0.1) is 0 Å². The van der Waals surface area contributed by atoms with E-state index in [1.54, 1.807) is 36.5 Å². The molecule has 10 heteroatoms. The van der Waals surface area contributed by atoms with Gasteiger partial charge in [-0.2, -0.15) is 3.97 Å². The fraction of sp³-hybridized carbons (Fsp3) is 0.200. The molecule has 156 valence electrons. The highest BCUT2D eigenvalue weighted by Crippen LogP contribution is 2.24. The Bertz CT molecular complexity index is 1570. The summed E-state index contributed by atoms with van der Waals surface area (Å²) in [7, 11) is -7.22. The summed E-state index contributed by atoms with van der Waals surface area (Å²) in [6.45, 7) is -0.0580. The second-order valence-corrected chi connectivity index (χ2v) is 11.2. The number of para-hydroxylation sites is 2. The topological polar surface area (TPSA) is 108 Å². The van der Waals surface area contributed by atoms with Crippen LogP contribution in [0.1, 0.15) is 11.3 Å². The van der Waals surface area contributed by atoms with Crippen molar-refractivity contribution in [3.8, 4) is 0 Å². The van der Waals surface area contributed by atoms with Crippen molar-refractivity contribution in [2.45, 2.75) is 12.3 Å². The minimum absolute atomic E-state index is 0.0580. The number of nitrogens with zero attached hydrogens (tertiary/aromatic N) is 3. The number of pyridine rings is 1. The van der Waals surface area contributed by atoms with Gasteiger partial charge in [0.2, 0.25) is 10.0 Å². The summed E-state index contributed by atoms with van der Waals surface area (Å²) in [5.74, 6) is -0.240. The van der Waals surface area contributed by atoms with Gasteiger partial charge in [-0.25, -0.2) is 21.6 Å². The standard InChI is InChI=1S/C20H19N3O5S2/c1-29(25,26)13-16-15-8-4-3-7-14(15)11-21-17(16)12-22-18-9-5-6-10-19(18)23(20(22)24)30(2,27)28/h3-11H,12-13H2,1-2H3. The van der Waals surface area contributed by atoms with Gasteiger partial charge in [-0.15, -0.1) is 0 Å². The predicted molar refractivity (Wildman–Crippen MR) is 116 cm³/mol. The van der Waals surface area contributed by atoms with E-state index in [0.717, 1.165) is 27.3 Å². The van der Waals surface area contributed by atoms with Crippen molar-refractivity contribution < 1.29 is 16.8 Å². The fourth-order valence-corrected chi connectivity index (χ4v) is 5.37. The van der Waals surface area contributed by atoms with Gasteiger partial charge in [-0.05, 0) is 23.1 Å². The van der Waals surface area contributed by atoms with Crippen molar-refractivity contribution in [2.75, 3.05) is 12.5 Å². The largest absolute Gasteiger partial charge is 0.343 e. The molecule has 0 spiro atoms. The Morgan fingerprint density at radius 1 is 0.900 bits per heavy atom. The van der Waals surface area contributed by atoms with Gasteiger partial charge in [-0.1, -0.05) is 36.4 Å². The molecule has 0 aliphatic heterocycles. The highest BCUT2D eigenvalue weighted by Gasteiger charge is 2.22. The van der Waals surface area contributed by atoms with Crippen LogP contribution in [-0.2, 0) is 32.2 Å². The zero-order valence-corrected chi connectivity index (χ0v) is 17.9. The molecule has 0 aliphatic carbocycles.